The van der Waals surface area contributed by atoms with Gasteiger partial charge in [-0.15, -0.1) is 0 Å². The quantitative estimate of drug-likeness (QED) is 0.334. The van der Waals surface area contributed by atoms with Crippen LogP contribution in [-0.2, 0) is 14.4 Å². The van der Waals surface area contributed by atoms with Gasteiger partial charge in [0.15, 0.2) is 0 Å². The van der Waals surface area contributed by atoms with E-state index in [1.54, 1.807) is 50.2 Å². The van der Waals surface area contributed by atoms with Crippen molar-refractivity contribution in [2.45, 2.75) is 52.4 Å². The van der Waals surface area contributed by atoms with Gasteiger partial charge in [-0.2, -0.15) is 0 Å². The minimum Gasteiger partial charge on any atom is -0.399 e. The Morgan fingerprint density at radius 1 is 0.971 bits per heavy atom. The second-order valence-electron chi connectivity index (χ2n) is 8.49. The molecule has 2 aromatic rings. The molecule has 0 heterocycles. The molecular weight excluding hydrogens is 430 g/mol. The Bertz CT molecular complexity index is 1100. The largest absolute Gasteiger partial charge is 0.399 e. The summed E-state index contributed by atoms with van der Waals surface area (Å²) in [6.45, 7) is 9.41. The molecule has 2 rings (SSSR count). The molecule has 0 saturated heterocycles. The number of anilines is 1. The van der Waals surface area contributed by atoms with Gasteiger partial charge in [0.25, 0.3) is 11.8 Å². The zero-order valence-corrected chi connectivity index (χ0v) is 20.2. The van der Waals surface area contributed by atoms with E-state index in [9.17, 15) is 9.59 Å². The maximum Gasteiger partial charge on any atom is 0.268 e. The number of carbonyl (C=O) groups is 2. The van der Waals surface area contributed by atoms with Crippen LogP contribution in [0.25, 0.3) is 0 Å². The number of amides is 2. The van der Waals surface area contributed by atoms with E-state index in [2.05, 4.69) is 34.5 Å². The summed E-state index contributed by atoms with van der Waals surface area (Å²) in [6.07, 6.45) is -0.589. The predicted molar refractivity (Wildman–Crippen MR) is 132 cm³/mol. The van der Waals surface area contributed by atoms with E-state index in [1.165, 1.54) is 0 Å². The first-order valence-corrected chi connectivity index (χ1v) is 11.0. The van der Waals surface area contributed by atoms with Crippen LogP contribution in [0, 0.1) is 23.7 Å². The minimum atomic E-state index is -0.943. The molecular formula is C27H31N3O4. The molecule has 0 spiro atoms. The SMILES string of the molecule is CCONC(=O)C(NC(=O)c1ccc(C#CC#Cc2ccc(N)cc2)cc1)C(C)OC(C)(C)C. The Morgan fingerprint density at radius 3 is 2.00 bits per heavy atom. The smallest absolute Gasteiger partial charge is 0.268 e. The van der Waals surface area contributed by atoms with E-state index in [0.717, 1.165) is 5.56 Å². The molecule has 178 valence electrons. The molecule has 0 aliphatic heterocycles. The monoisotopic (exact) mass is 461 g/mol. The molecule has 0 aliphatic carbocycles. The lowest BCUT2D eigenvalue weighted by molar-refractivity contribution is -0.142. The van der Waals surface area contributed by atoms with Crippen molar-refractivity contribution in [2.75, 3.05) is 12.3 Å². The zero-order chi connectivity index (χ0) is 25.1. The van der Waals surface area contributed by atoms with E-state index in [4.69, 9.17) is 15.3 Å². The molecule has 7 heteroatoms. The summed E-state index contributed by atoms with van der Waals surface area (Å²) in [5, 5.41) is 2.73. The molecule has 2 aromatic carbocycles. The lowest BCUT2D eigenvalue weighted by atomic mass is 10.1. The highest BCUT2D eigenvalue weighted by Crippen LogP contribution is 2.14. The second kappa shape index (κ2) is 12.5. The fourth-order valence-corrected chi connectivity index (χ4v) is 2.93. The molecule has 0 fully saturated rings. The summed E-state index contributed by atoms with van der Waals surface area (Å²) >= 11 is 0. The van der Waals surface area contributed by atoms with Crippen LogP contribution in [0.4, 0.5) is 5.69 Å². The fraction of sp³-hybridized carbons (Fsp3) is 0.333. The van der Waals surface area contributed by atoms with Crippen molar-refractivity contribution in [2.24, 2.45) is 0 Å². The van der Waals surface area contributed by atoms with Gasteiger partial charge < -0.3 is 15.8 Å². The first kappa shape index (κ1) is 26.5. The van der Waals surface area contributed by atoms with Crippen LogP contribution < -0.4 is 16.5 Å². The first-order chi connectivity index (χ1) is 16.1. The third-order valence-electron chi connectivity index (χ3n) is 4.43. The number of hydroxylamine groups is 1. The average Bonchev–Trinajstić information content (AvgIpc) is 2.79. The van der Waals surface area contributed by atoms with E-state index in [1.807, 2.05) is 32.9 Å². The Hall–Kier alpha value is -3.78. The minimum absolute atomic E-state index is 0.299. The van der Waals surface area contributed by atoms with E-state index in [-0.39, 0.29) is 0 Å². The zero-order valence-electron chi connectivity index (χ0n) is 20.2. The number of nitrogens with two attached hydrogens (primary N) is 1. The summed E-state index contributed by atoms with van der Waals surface area (Å²) in [7, 11) is 0. The van der Waals surface area contributed by atoms with E-state index < -0.39 is 29.6 Å². The maximum atomic E-state index is 12.8. The summed E-state index contributed by atoms with van der Waals surface area (Å²) in [4.78, 5) is 30.4. The molecule has 0 aromatic heterocycles. The number of rotatable bonds is 7. The number of nitrogen functional groups attached to an aromatic ring is 1. The summed E-state index contributed by atoms with van der Waals surface area (Å²) in [5.74, 6) is 10.6. The molecule has 2 amide bonds. The van der Waals surface area contributed by atoms with Gasteiger partial charge in [0.1, 0.15) is 6.04 Å². The number of carbonyl (C=O) groups excluding carboxylic acids is 2. The van der Waals surface area contributed by atoms with Gasteiger partial charge in [-0.1, -0.05) is 11.8 Å². The molecule has 34 heavy (non-hydrogen) atoms. The van der Waals surface area contributed by atoms with Crippen LogP contribution in [-0.4, -0.2) is 36.2 Å². The lowest BCUT2D eigenvalue weighted by Gasteiger charge is -2.30. The second-order valence-corrected chi connectivity index (χ2v) is 8.49. The third kappa shape index (κ3) is 8.99. The normalized spacial score (nSPS) is 12.3. The molecule has 0 aliphatic rings. The fourth-order valence-electron chi connectivity index (χ4n) is 2.93. The van der Waals surface area contributed by atoms with Crippen molar-refractivity contribution in [1.29, 1.82) is 0 Å². The van der Waals surface area contributed by atoms with Gasteiger partial charge >= 0.3 is 0 Å². The van der Waals surface area contributed by atoms with Crippen LogP contribution in [0.3, 0.4) is 0 Å². The Kier molecular flexibility index (Phi) is 9.70. The Morgan fingerprint density at radius 2 is 1.50 bits per heavy atom. The van der Waals surface area contributed by atoms with Gasteiger partial charge in [0.2, 0.25) is 0 Å². The number of hydrogen-bond donors (Lipinski definition) is 3. The molecule has 0 saturated carbocycles. The maximum absolute atomic E-state index is 12.8. The predicted octanol–water partition coefficient (Wildman–Crippen LogP) is 3.04. The molecule has 4 N–H and O–H groups in total. The topological polar surface area (TPSA) is 103 Å². The Labute approximate surface area is 201 Å². The average molecular weight is 462 g/mol. The van der Waals surface area contributed by atoms with Gasteiger partial charge in [0.05, 0.1) is 18.3 Å². The van der Waals surface area contributed by atoms with Gasteiger partial charge in [-0.05, 0) is 95.0 Å². The third-order valence-corrected chi connectivity index (χ3v) is 4.43. The number of nitrogens with one attached hydrogen (secondary N) is 2. The van der Waals surface area contributed by atoms with E-state index >= 15 is 0 Å². The number of hydrogen-bond acceptors (Lipinski definition) is 5. The molecule has 0 bridgehead atoms. The molecule has 2 unspecified atom stereocenters. The summed E-state index contributed by atoms with van der Waals surface area (Å²) in [6, 6.07) is 13.0. The van der Waals surface area contributed by atoms with Gasteiger partial charge in [-0.3, -0.25) is 14.4 Å². The molecule has 2 atom stereocenters. The van der Waals surface area contributed by atoms with Crippen LogP contribution in [0.5, 0.6) is 0 Å². The first-order valence-electron chi connectivity index (χ1n) is 11.0. The van der Waals surface area contributed by atoms with Crippen LogP contribution >= 0.6 is 0 Å². The molecule has 7 nitrogen and oxygen atoms in total. The highest BCUT2D eigenvalue weighted by atomic mass is 16.6. The number of ether oxygens (including phenoxy) is 1. The standard InChI is InChI=1S/C27H31N3O4/c1-6-33-30-26(32)24(19(2)34-27(3,4)5)29-25(31)22-15-11-20(12-16-22)9-7-8-10-21-13-17-23(28)18-14-21/h11-19,24H,6,28H2,1-5H3,(H,29,31)(H,30,32). The van der Waals surface area contributed by atoms with Crippen LogP contribution in [0.15, 0.2) is 48.5 Å². The summed E-state index contributed by atoms with van der Waals surface area (Å²) < 4.78 is 5.88. The van der Waals surface area contributed by atoms with Crippen molar-refractivity contribution in [3.8, 4) is 23.7 Å². The van der Waals surface area contributed by atoms with Crippen LogP contribution in [0.2, 0.25) is 0 Å². The highest BCUT2D eigenvalue weighted by Gasteiger charge is 2.31. The Balaban J connectivity index is 2.07. The van der Waals surface area contributed by atoms with Gasteiger partial charge in [-0.25, -0.2) is 5.48 Å². The van der Waals surface area contributed by atoms with Crippen molar-refractivity contribution >= 4 is 17.5 Å². The summed E-state index contributed by atoms with van der Waals surface area (Å²) in [5.41, 5.74) is 10.1. The lowest BCUT2D eigenvalue weighted by Crippen LogP contribution is -2.54. The van der Waals surface area contributed by atoms with Crippen molar-refractivity contribution < 1.29 is 19.2 Å². The molecule has 0 radical (unpaired) electrons. The van der Waals surface area contributed by atoms with Gasteiger partial charge in [0, 0.05) is 22.4 Å². The van der Waals surface area contributed by atoms with Crippen molar-refractivity contribution in [3.63, 3.8) is 0 Å². The number of benzene rings is 2. The highest BCUT2D eigenvalue weighted by molar-refractivity contribution is 5.97. The van der Waals surface area contributed by atoms with Crippen molar-refractivity contribution in [1.82, 2.24) is 10.8 Å². The van der Waals surface area contributed by atoms with Crippen molar-refractivity contribution in [3.05, 3.63) is 65.2 Å². The van der Waals surface area contributed by atoms with Crippen LogP contribution in [0.1, 0.15) is 56.1 Å². The van der Waals surface area contributed by atoms with E-state index in [0.29, 0.717) is 23.4 Å².